The van der Waals surface area contributed by atoms with Gasteiger partial charge >= 0.3 is 0 Å². The minimum Gasteiger partial charge on any atom is -0.378 e. The van der Waals surface area contributed by atoms with E-state index in [-0.39, 0.29) is 12.2 Å². The maximum atomic E-state index is 9.93. The molecule has 0 rings (SSSR count). The average molecular weight is 247 g/mol. The van der Waals surface area contributed by atoms with Crippen molar-refractivity contribution in [2.45, 2.75) is 32.8 Å². The number of ether oxygens (including phenoxy) is 3. The van der Waals surface area contributed by atoms with Gasteiger partial charge < -0.3 is 19.0 Å². The summed E-state index contributed by atoms with van der Waals surface area (Å²) in [6, 6.07) is 0. The minimum atomic E-state index is -0.0729. The minimum absolute atomic E-state index is 0.0729. The molecule has 0 aliphatic rings. The van der Waals surface area contributed by atoms with E-state index < -0.39 is 0 Å². The summed E-state index contributed by atoms with van der Waals surface area (Å²) >= 11 is 0. The number of hydrogen-bond donors (Lipinski definition) is 1. The third-order valence-electron chi connectivity index (χ3n) is 2.40. The highest BCUT2D eigenvalue weighted by Gasteiger charge is 2.13. The van der Waals surface area contributed by atoms with E-state index in [2.05, 4.69) is 26.1 Å². The Kier molecular flexibility index (Phi) is 10.3. The van der Waals surface area contributed by atoms with Gasteiger partial charge in [0.2, 0.25) is 0 Å². The van der Waals surface area contributed by atoms with Gasteiger partial charge in [-0.05, 0) is 20.3 Å². The zero-order valence-electron chi connectivity index (χ0n) is 11.2. The standard InChI is InChI=1S/C12H25NO4/c1-4-12(2,3)17-11-13-5-7-15-9-10-16-8-6-14/h6,13H,4-5,7-11H2,1-3H3. The molecule has 0 aliphatic heterocycles. The molecular formula is C12H25NO4. The van der Waals surface area contributed by atoms with Crippen molar-refractivity contribution in [3.63, 3.8) is 0 Å². The van der Waals surface area contributed by atoms with Gasteiger partial charge in [-0.2, -0.15) is 0 Å². The molecule has 0 amide bonds. The highest BCUT2D eigenvalue weighted by atomic mass is 16.5. The molecule has 0 saturated carbocycles. The van der Waals surface area contributed by atoms with Gasteiger partial charge in [-0.25, -0.2) is 0 Å². The number of carbonyl (C=O) groups is 1. The summed E-state index contributed by atoms with van der Waals surface area (Å²) in [4.78, 5) is 9.93. The number of carbonyl (C=O) groups excluding carboxylic acids is 1. The topological polar surface area (TPSA) is 56.8 Å². The monoisotopic (exact) mass is 247 g/mol. The highest BCUT2D eigenvalue weighted by molar-refractivity contribution is 5.50. The molecule has 0 fully saturated rings. The van der Waals surface area contributed by atoms with Crippen molar-refractivity contribution in [1.82, 2.24) is 5.32 Å². The third kappa shape index (κ3) is 11.8. The molecule has 0 atom stereocenters. The molecule has 0 radical (unpaired) electrons. The Morgan fingerprint density at radius 1 is 1.18 bits per heavy atom. The van der Waals surface area contributed by atoms with Crippen LogP contribution >= 0.6 is 0 Å². The zero-order valence-corrected chi connectivity index (χ0v) is 11.2. The Morgan fingerprint density at radius 3 is 2.53 bits per heavy atom. The van der Waals surface area contributed by atoms with Gasteiger partial charge in [-0.1, -0.05) is 6.92 Å². The largest absolute Gasteiger partial charge is 0.378 e. The van der Waals surface area contributed by atoms with Crippen molar-refractivity contribution in [2.24, 2.45) is 0 Å². The highest BCUT2D eigenvalue weighted by Crippen LogP contribution is 2.11. The molecular weight excluding hydrogens is 222 g/mol. The van der Waals surface area contributed by atoms with Gasteiger partial charge in [0.05, 0.1) is 32.2 Å². The second kappa shape index (κ2) is 10.7. The van der Waals surface area contributed by atoms with Crippen LogP contribution in [0.25, 0.3) is 0 Å². The number of rotatable bonds is 12. The molecule has 5 heteroatoms. The van der Waals surface area contributed by atoms with Crippen LogP contribution in [0.15, 0.2) is 0 Å². The summed E-state index contributed by atoms with van der Waals surface area (Å²) in [5.41, 5.74) is -0.0729. The molecule has 0 spiro atoms. The maximum Gasteiger partial charge on any atom is 0.145 e. The van der Waals surface area contributed by atoms with E-state index in [9.17, 15) is 4.79 Å². The van der Waals surface area contributed by atoms with E-state index in [4.69, 9.17) is 14.2 Å². The van der Waals surface area contributed by atoms with E-state index in [0.29, 0.717) is 26.6 Å². The molecule has 0 aromatic carbocycles. The van der Waals surface area contributed by atoms with Crippen LogP contribution < -0.4 is 5.32 Å². The van der Waals surface area contributed by atoms with Gasteiger partial charge in [-0.15, -0.1) is 0 Å². The smallest absolute Gasteiger partial charge is 0.145 e. The lowest BCUT2D eigenvalue weighted by Gasteiger charge is -2.23. The molecule has 0 saturated heterocycles. The summed E-state index contributed by atoms with van der Waals surface area (Å²) in [5, 5.41) is 3.13. The predicted octanol–water partition coefficient (Wildman–Crippen LogP) is 0.971. The number of nitrogens with one attached hydrogen (secondary N) is 1. The van der Waals surface area contributed by atoms with Crippen LogP contribution in [-0.4, -0.2) is 51.6 Å². The maximum absolute atomic E-state index is 9.93. The van der Waals surface area contributed by atoms with E-state index in [1.807, 2.05) is 0 Å². The van der Waals surface area contributed by atoms with Crippen molar-refractivity contribution in [3.8, 4) is 0 Å². The molecule has 1 N–H and O–H groups in total. The molecule has 0 heterocycles. The first-order valence-corrected chi connectivity index (χ1v) is 6.06. The third-order valence-corrected chi connectivity index (χ3v) is 2.40. The van der Waals surface area contributed by atoms with E-state index >= 15 is 0 Å². The van der Waals surface area contributed by atoms with Crippen LogP contribution in [0, 0.1) is 0 Å². The Balaban J connectivity index is 3.11. The fraction of sp³-hybridized carbons (Fsp3) is 0.917. The van der Waals surface area contributed by atoms with Crippen LogP contribution in [-0.2, 0) is 19.0 Å². The molecule has 17 heavy (non-hydrogen) atoms. The van der Waals surface area contributed by atoms with E-state index in [1.165, 1.54) is 0 Å². The molecule has 0 unspecified atom stereocenters. The van der Waals surface area contributed by atoms with Gasteiger partial charge in [0.25, 0.3) is 0 Å². The molecule has 0 aliphatic carbocycles. The quantitative estimate of drug-likeness (QED) is 0.316. The van der Waals surface area contributed by atoms with E-state index in [1.54, 1.807) is 0 Å². The van der Waals surface area contributed by atoms with Gasteiger partial charge in [0.1, 0.15) is 12.9 Å². The Bertz CT molecular complexity index is 185. The number of hydrogen-bond acceptors (Lipinski definition) is 5. The van der Waals surface area contributed by atoms with E-state index in [0.717, 1.165) is 19.3 Å². The first-order chi connectivity index (χ1) is 8.12. The van der Waals surface area contributed by atoms with Crippen LogP contribution in [0.3, 0.4) is 0 Å². The molecule has 0 aromatic rings. The van der Waals surface area contributed by atoms with Crippen molar-refractivity contribution < 1.29 is 19.0 Å². The van der Waals surface area contributed by atoms with Crippen molar-refractivity contribution in [1.29, 1.82) is 0 Å². The van der Waals surface area contributed by atoms with Crippen molar-refractivity contribution in [2.75, 3.05) is 39.7 Å². The summed E-state index contributed by atoms with van der Waals surface area (Å²) < 4.78 is 15.8. The molecule has 5 nitrogen and oxygen atoms in total. The normalized spacial score (nSPS) is 11.7. The average Bonchev–Trinajstić information content (AvgIpc) is 2.31. The Hall–Kier alpha value is -0.490. The van der Waals surface area contributed by atoms with Gasteiger partial charge in [0.15, 0.2) is 0 Å². The van der Waals surface area contributed by atoms with Crippen LogP contribution in [0.4, 0.5) is 0 Å². The molecule has 102 valence electrons. The zero-order chi connectivity index (χ0) is 13.0. The van der Waals surface area contributed by atoms with Gasteiger partial charge in [0, 0.05) is 6.54 Å². The lowest BCUT2D eigenvalue weighted by atomic mass is 10.1. The van der Waals surface area contributed by atoms with Gasteiger partial charge in [-0.3, -0.25) is 5.32 Å². The first-order valence-electron chi connectivity index (χ1n) is 6.06. The van der Waals surface area contributed by atoms with Crippen molar-refractivity contribution in [3.05, 3.63) is 0 Å². The fourth-order valence-corrected chi connectivity index (χ4v) is 0.916. The summed E-state index contributed by atoms with van der Waals surface area (Å²) in [7, 11) is 0. The summed E-state index contributed by atoms with van der Waals surface area (Å²) in [6.45, 7) is 9.23. The molecule has 0 bridgehead atoms. The van der Waals surface area contributed by atoms with Crippen molar-refractivity contribution >= 4 is 6.29 Å². The van der Waals surface area contributed by atoms with Crippen LogP contribution in [0.2, 0.25) is 0 Å². The summed E-state index contributed by atoms with van der Waals surface area (Å²) in [5.74, 6) is 0. The number of aldehydes is 1. The lowest BCUT2D eigenvalue weighted by Crippen LogP contribution is -2.31. The van der Waals surface area contributed by atoms with Crippen LogP contribution in [0.5, 0.6) is 0 Å². The second-order valence-electron chi connectivity index (χ2n) is 4.26. The summed E-state index contributed by atoms with van der Waals surface area (Å²) in [6.07, 6.45) is 1.72. The Labute approximate surface area is 104 Å². The van der Waals surface area contributed by atoms with Crippen LogP contribution in [0.1, 0.15) is 27.2 Å². The first kappa shape index (κ1) is 16.5. The fourth-order valence-electron chi connectivity index (χ4n) is 0.916. The Morgan fingerprint density at radius 2 is 1.88 bits per heavy atom. The SMILES string of the molecule is CCC(C)(C)OCNCCOCCOCC=O. The molecule has 0 aromatic heterocycles. The predicted molar refractivity (Wildman–Crippen MR) is 66.0 cm³/mol. The second-order valence-corrected chi connectivity index (χ2v) is 4.26. The lowest BCUT2D eigenvalue weighted by molar-refractivity contribution is -0.112.